The topological polar surface area (TPSA) is 81.2 Å². The normalized spacial score (nSPS) is 13.4. The van der Waals surface area contributed by atoms with Crippen LogP contribution in [0.1, 0.15) is 42.6 Å². The Bertz CT molecular complexity index is 845. The number of carbonyl (C=O) groups excluding carboxylic acids is 1. The van der Waals surface area contributed by atoms with Crippen molar-refractivity contribution >= 4 is 17.5 Å². The molecular formula is C18H18ClN3O3. The zero-order valence-electron chi connectivity index (χ0n) is 13.9. The molecule has 130 valence electrons. The average molecular weight is 360 g/mol. The van der Waals surface area contributed by atoms with Crippen LogP contribution in [-0.2, 0) is 0 Å². The Balaban J connectivity index is 1.86. The Labute approximate surface area is 150 Å². The highest BCUT2D eigenvalue weighted by molar-refractivity contribution is 6.33. The van der Waals surface area contributed by atoms with Gasteiger partial charge in [0.25, 0.3) is 5.91 Å². The predicted molar refractivity (Wildman–Crippen MR) is 93.1 cm³/mol. The number of halogens is 1. The number of carbonyl (C=O) groups is 1. The summed E-state index contributed by atoms with van der Waals surface area (Å²) in [6, 6.07) is 9.96. The minimum Gasteiger partial charge on any atom is -0.461 e. The number of nitrogens with zero attached hydrogens (tertiary/aromatic N) is 2. The lowest BCUT2D eigenvalue weighted by atomic mass is 9.98. The maximum Gasteiger partial charge on any atom is 0.253 e. The predicted octanol–water partition coefficient (Wildman–Crippen LogP) is 4.50. The molecule has 1 amide bonds. The minimum atomic E-state index is -0.426. The van der Waals surface area contributed by atoms with Gasteiger partial charge in [0.2, 0.25) is 11.7 Å². The van der Waals surface area contributed by atoms with Gasteiger partial charge in [0.05, 0.1) is 16.8 Å². The van der Waals surface area contributed by atoms with Gasteiger partial charge in [0, 0.05) is 0 Å². The van der Waals surface area contributed by atoms with Gasteiger partial charge in [-0.05, 0) is 30.2 Å². The number of nitrogens with one attached hydrogen (secondary N) is 1. The summed E-state index contributed by atoms with van der Waals surface area (Å²) in [5.74, 6) is 1.00. The fourth-order valence-corrected chi connectivity index (χ4v) is 2.64. The van der Waals surface area contributed by atoms with Crippen molar-refractivity contribution in [3.8, 4) is 11.6 Å². The van der Waals surface area contributed by atoms with E-state index < -0.39 is 6.04 Å². The van der Waals surface area contributed by atoms with Crippen LogP contribution in [0.2, 0.25) is 5.02 Å². The minimum absolute atomic E-state index is 0.0938. The summed E-state index contributed by atoms with van der Waals surface area (Å²) >= 11 is 6.11. The molecule has 3 rings (SSSR count). The van der Waals surface area contributed by atoms with Crippen LogP contribution in [0.25, 0.3) is 11.6 Å². The van der Waals surface area contributed by atoms with E-state index in [1.54, 1.807) is 36.4 Å². The molecule has 0 aliphatic rings. The summed E-state index contributed by atoms with van der Waals surface area (Å²) in [6.45, 7) is 4.04. The van der Waals surface area contributed by atoms with Crippen molar-refractivity contribution in [1.29, 1.82) is 0 Å². The zero-order chi connectivity index (χ0) is 17.8. The number of benzene rings is 1. The van der Waals surface area contributed by atoms with E-state index in [4.69, 9.17) is 20.5 Å². The first-order valence-electron chi connectivity index (χ1n) is 8.03. The highest BCUT2D eigenvalue weighted by Crippen LogP contribution is 2.27. The van der Waals surface area contributed by atoms with Crippen LogP contribution < -0.4 is 5.32 Å². The number of rotatable bonds is 6. The molecule has 0 saturated carbocycles. The van der Waals surface area contributed by atoms with Crippen LogP contribution in [0.3, 0.4) is 0 Å². The van der Waals surface area contributed by atoms with Gasteiger partial charge >= 0.3 is 0 Å². The van der Waals surface area contributed by atoms with Gasteiger partial charge < -0.3 is 14.3 Å². The van der Waals surface area contributed by atoms with E-state index in [9.17, 15) is 4.79 Å². The Morgan fingerprint density at radius 2 is 2.08 bits per heavy atom. The molecule has 7 heteroatoms. The Morgan fingerprint density at radius 1 is 1.28 bits per heavy atom. The zero-order valence-corrected chi connectivity index (χ0v) is 14.7. The molecule has 0 aliphatic heterocycles. The van der Waals surface area contributed by atoms with Crippen LogP contribution >= 0.6 is 11.6 Å². The van der Waals surface area contributed by atoms with Gasteiger partial charge in [-0.3, -0.25) is 4.79 Å². The molecule has 0 radical (unpaired) electrons. The summed E-state index contributed by atoms with van der Waals surface area (Å²) in [6.07, 6.45) is 2.36. The van der Waals surface area contributed by atoms with Crippen LogP contribution in [-0.4, -0.2) is 16.0 Å². The van der Waals surface area contributed by atoms with Crippen molar-refractivity contribution in [1.82, 2.24) is 15.5 Å². The first-order chi connectivity index (χ1) is 12.1. The summed E-state index contributed by atoms with van der Waals surface area (Å²) < 4.78 is 10.6. The van der Waals surface area contributed by atoms with Crippen molar-refractivity contribution in [2.24, 2.45) is 5.92 Å². The van der Waals surface area contributed by atoms with Gasteiger partial charge in [-0.15, -0.1) is 0 Å². The van der Waals surface area contributed by atoms with Crippen molar-refractivity contribution in [3.63, 3.8) is 0 Å². The molecule has 6 nitrogen and oxygen atoms in total. The maximum atomic E-state index is 12.6. The van der Waals surface area contributed by atoms with E-state index in [0.717, 1.165) is 6.42 Å². The second-order valence-corrected chi connectivity index (χ2v) is 6.16. The molecule has 0 fully saturated rings. The number of aromatic nitrogens is 2. The van der Waals surface area contributed by atoms with Gasteiger partial charge in [0.1, 0.15) is 6.04 Å². The van der Waals surface area contributed by atoms with Crippen LogP contribution in [0.15, 0.2) is 51.6 Å². The van der Waals surface area contributed by atoms with Crippen LogP contribution in [0.5, 0.6) is 0 Å². The lowest BCUT2D eigenvalue weighted by molar-refractivity contribution is 0.0910. The molecule has 0 bridgehead atoms. The van der Waals surface area contributed by atoms with E-state index in [1.165, 1.54) is 6.26 Å². The lowest BCUT2D eigenvalue weighted by Crippen LogP contribution is -2.33. The smallest absolute Gasteiger partial charge is 0.253 e. The third kappa shape index (κ3) is 3.74. The Morgan fingerprint density at radius 3 is 2.76 bits per heavy atom. The number of hydrogen-bond donors (Lipinski definition) is 1. The second-order valence-electron chi connectivity index (χ2n) is 5.75. The molecule has 25 heavy (non-hydrogen) atoms. The highest BCUT2D eigenvalue weighted by atomic mass is 35.5. The summed E-state index contributed by atoms with van der Waals surface area (Å²) in [5, 5.41) is 7.28. The summed E-state index contributed by atoms with van der Waals surface area (Å²) in [7, 11) is 0. The summed E-state index contributed by atoms with van der Waals surface area (Å²) in [4.78, 5) is 17.0. The molecule has 1 aromatic carbocycles. The summed E-state index contributed by atoms with van der Waals surface area (Å²) in [5.41, 5.74) is 0.406. The largest absolute Gasteiger partial charge is 0.461 e. The van der Waals surface area contributed by atoms with Crippen LogP contribution in [0, 0.1) is 5.92 Å². The van der Waals surface area contributed by atoms with Crippen molar-refractivity contribution in [2.75, 3.05) is 0 Å². The third-order valence-electron chi connectivity index (χ3n) is 4.07. The van der Waals surface area contributed by atoms with Gasteiger partial charge in [-0.1, -0.05) is 49.2 Å². The lowest BCUT2D eigenvalue weighted by Gasteiger charge is -2.21. The first kappa shape index (κ1) is 17.2. The molecule has 2 aromatic heterocycles. The maximum absolute atomic E-state index is 12.6. The van der Waals surface area contributed by atoms with E-state index in [2.05, 4.69) is 15.5 Å². The number of hydrogen-bond acceptors (Lipinski definition) is 5. The van der Waals surface area contributed by atoms with Gasteiger partial charge in [0.15, 0.2) is 5.76 Å². The molecule has 2 heterocycles. The molecule has 0 spiro atoms. The Hall–Kier alpha value is -2.60. The van der Waals surface area contributed by atoms with Crippen molar-refractivity contribution < 1.29 is 13.7 Å². The molecular weight excluding hydrogens is 342 g/mol. The number of furan rings is 1. The SMILES string of the molecule is CC[C@@H](C)[C@H](NC(=O)c1ccccc1Cl)c1nc(-c2ccco2)no1. The van der Waals surface area contributed by atoms with E-state index >= 15 is 0 Å². The average Bonchev–Trinajstić information content (AvgIpc) is 3.30. The first-order valence-corrected chi connectivity index (χ1v) is 8.40. The van der Waals surface area contributed by atoms with E-state index in [0.29, 0.717) is 28.1 Å². The van der Waals surface area contributed by atoms with Crippen molar-refractivity contribution in [3.05, 3.63) is 59.1 Å². The molecule has 2 atom stereocenters. The fourth-order valence-electron chi connectivity index (χ4n) is 2.41. The number of amides is 1. The standard InChI is InChI=1S/C18H18ClN3O3/c1-3-11(2)15(20-17(23)12-7-4-5-8-13(12)19)18-21-16(22-25-18)14-9-6-10-24-14/h4-11,15H,3H2,1-2H3,(H,20,23)/t11-,15+/m1/s1. The molecule has 0 unspecified atom stereocenters. The quantitative estimate of drug-likeness (QED) is 0.700. The molecule has 0 saturated heterocycles. The monoisotopic (exact) mass is 359 g/mol. The van der Waals surface area contributed by atoms with Crippen molar-refractivity contribution in [2.45, 2.75) is 26.3 Å². The molecule has 0 aliphatic carbocycles. The van der Waals surface area contributed by atoms with Gasteiger partial charge in [-0.2, -0.15) is 4.98 Å². The molecule has 1 N–H and O–H groups in total. The van der Waals surface area contributed by atoms with E-state index in [-0.39, 0.29) is 11.8 Å². The second kappa shape index (κ2) is 7.53. The van der Waals surface area contributed by atoms with Gasteiger partial charge in [-0.25, -0.2) is 0 Å². The third-order valence-corrected chi connectivity index (χ3v) is 4.40. The van der Waals surface area contributed by atoms with Crippen LogP contribution in [0.4, 0.5) is 0 Å². The fraction of sp³-hybridized carbons (Fsp3) is 0.278. The Kier molecular flexibility index (Phi) is 5.19. The highest BCUT2D eigenvalue weighted by Gasteiger charge is 2.27. The van der Waals surface area contributed by atoms with E-state index in [1.807, 2.05) is 13.8 Å². The molecule has 3 aromatic rings.